The molecule has 0 radical (unpaired) electrons. The molecule has 1 aliphatic rings. The smallest absolute Gasteiger partial charge is 0.261 e. The lowest BCUT2D eigenvalue weighted by Gasteiger charge is -2.26. The summed E-state index contributed by atoms with van der Waals surface area (Å²) in [5.74, 6) is 0.0647. The lowest BCUT2D eigenvalue weighted by atomic mass is 10.3. The average Bonchev–Trinajstić information content (AvgIpc) is 2.89. The van der Waals surface area contributed by atoms with Gasteiger partial charge in [0, 0.05) is 44.1 Å². The summed E-state index contributed by atoms with van der Waals surface area (Å²) >= 11 is 1.59. The van der Waals surface area contributed by atoms with Crippen molar-refractivity contribution in [2.24, 2.45) is 0 Å². The van der Waals surface area contributed by atoms with Crippen molar-refractivity contribution in [1.82, 2.24) is 15.5 Å². The Hall–Kier alpha value is -0.910. The molecule has 0 atom stereocenters. The van der Waals surface area contributed by atoms with Gasteiger partial charge < -0.3 is 10.6 Å². The Labute approximate surface area is 112 Å². The molecule has 0 unspecified atom stereocenters. The summed E-state index contributed by atoms with van der Waals surface area (Å²) in [5, 5.41) is 6.31. The molecule has 0 aromatic carbocycles. The zero-order valence-electron chi connectivity index (χ0n) is 10.9. The van der Waals surface area contributed by atoms with Crippen molar-refractivity contribution in [2.75, 3.05) is 39.3 Å². The first-order valence-corrected chi connectivity index (χ1v) is 7.41. The van der Waals surface area contributed by atoms with Crippen molar-refractivity contribution in [1.29, 1.82) is 0 Å². The highest BCUT2D eigenvalue weighted by molar-refractivity contribution is 7.14. The van der Waals surface area contributed by atoms with Gasteiger partial charge in [-0.05, 0) is 18.6 Å². The van der Waals surface area contributed by atoms with Crippen LogP contribution in [0.5, 0.6) is 0 Å². The minimum atomic E-state index is 0.0647. The Bertz CT molecular complexity index is 385. The lowest BCUT2D eigenvalue weighted by molar-refractivity contribution is 0.0951. The number of amides is 1. The summed E-state index contributed by atoms with van der Waals surface area (Å²) < 4.78 is 0. The third-order valence-corrected chi connectivity index (χ3v) is 4.39. The van der Waals surface area contributed by atoms with Gasteiger partial charge in [-0.2, -0.15) is 0 Å². The molecule has 1 amide bonds. The maximum atomic E-state index is 11.9. The first-order chi connectivity index (χ1) is 8.79. The van der Waals surface area contributed by atoms with Gasteiger partial charge in [-0.3, -0.25) is 9.69 Å². The number of hydrogen-bond acceptors (Lipinski definition) is 4. The zero-order valence-corrected chi connectivity index (χ0v) is 11.7. The molecule has 1 saturated heterocycles. The molecule has 5 heteroatoms. The van der Waals surface area contributed by atoms with Crippen LogP contribution in [0.3, 0.4) is 0 Å². The van der Waals surface area contributed by atoms with E-state index in [1.807, 2.05) is 12.1 Å². The molecule has 4 nitrogen and oxygen atoms in total. The molecular weight excluding hydrogens is 246 g/mol. The van der Waals surface area contributed by atoms with E-state index in [1.54, 1.807) is 11.3 Å². The Balaban J connectivity index is 1.70. The van der Waals surface area contributed by atoms with Crippen molar-refractivity contribution < 1.29 is 4.79 Å². The Morgan fingerprint density at radius 2 is 2.22 bits per heavy atom. The molecule has 0 spiro atoms. The van der Waals surface area contributed by atoms with E-state index < -0.39 is 0 Å². The van der Waals surface area contributed by atoms with E-state index in [-0.39, 0.29) is 5.91 Å². The zero-order chi connectivity index (χ0) is 12.8. The third-order valence-electron chi connectivity index (χ3n) is 3.16. The summed E-state index contributed by atoms with van der Waals surface area (Å²) in [6, 6.07) is 3.96. The number of hydrogen-bond donors (Lipinski definition) is 2. The molecule has 1 aromatic heterocycles. The molecule has 2 N–H and O–H groups in total. The predicted octanol–water partition coefficient (Wildman–Crippen LogP) is 0.945. The van der Waals surface area contributed by atoms with Gasteiger partial charge in [0.1, 0.15) is 0 Å². The van der Waals surface area contributed by atoms with Gasteiger partial charge in [-0.1, -0.05) is 6.92 Å². The molecule has 0 aliphatic carbocycles. The largest absolute Gasteiger partial charge is 0.350 e. The molecule has 2 heterocycles. The van der Waals surface area contributed by atoms with Gasteiger partial charge in [0.2, 0.25) is 0 Å². The van der Waals surface area contributed by atoms with Gasteiger partial charge in [0.25, 0.3) is 5.91 Å². The number of nitrogens with zero attached hydrogens (tertiary/aromatic N) is 1. The van der Waals surface area contributed by atoms with E-state index in [0.29, 0.717) is 0 Å². The fourth-order valence-electron chi connectivity index (χ4n) is 2.04. The minimum absolute atomic E-state index is 0.0647. The number of piperazine rings is 1. The standard InChI is InChI=1S/C13H21N3OS/c1-2-11-3-4-12(18-11)13(17)15-7-10-16-8-5-14-6-9-16/h3-4,14H,2,5-10H2,1H3,(H,15,17). The van der Waals surface area contributed by atoms with Crippen LogP contribution in [-0.2, 0) is 6.42 Å². The highest BCUT2D eigenvalue weighted by Crippen LogP contribution is 2.16. The van der Waals surface area contributed by atoms with E-state index in [1.165, 1.54) is 4.88 Å². The van der Waals surface area contributed by atoms with Gasteiger partial charge in [0.15, 0.2) is 0 Å². The lowest BCUT2D eigenvalue weighted by Crippen LogP contribution is -2.46. The van der Waals surface area contributed by atoms with Crippen molar-refractivity contribution >= 4 is 17.2 Å². The Morgan fingerprint density at radius 1 is 1.44 bits per heavy atom. The molecule has 1 aliphatic heterocycles. The number of carbonyl (C=O) groups excluding carboxylic acids is 1. The number of aryl methyl sites for hydroxylation is 1. The number of thiophene rings is 1. The first kappa shape index (κ1) is 13.5. The normalized spacial score (nSPS) is 16.7. The maximum absolute atomic E-state index is 11.9. The summed E-state index contributed by atoms with van der Waals surface area (Å²) in [6.07, 6.45) is 0.999. The first-order valence-electron chi connectivity index (χ1n) is 6.59. The summed E-state index contributed by atoms with van der Waals surface area (Å²) in [7, 11) is 0. The van der Waals surface area contributed by atoms with Crippen molar-refractivity contribution in [3.63, 3.8) is 0 Å². The quantitative estimate of drug-likeness (QED) is 0.835. The van der Waals surface area contributed by atoms with Crippen LogP contribution < -0.4 is 10.6 Å². The maximum Gasteiger partial charge on any atom is 0.261 e. The fraction of sp³-hybridized carbons (Fsp3) is 0.615. The molecule has 1 aromatic rings. The fourth-order valence-corrected chi connectivity index (χ4v) is 2.90. The van der Waals surface area contributed by atoms with Gasteiger partial charge >= 0.3 is 0 Å². The number of rotatable bonds is 5. The Kier molecular flexibility index (Phi) is 5.16. The van der Waals surface area contributed by atoms with Gasteiger partial charge in [-0.25, -0.2) is 0 Å². The van der Waals surface area contributed by atoms with E-state index in [2.05, 4.69) is 22.5 Å². The molecule has 0 bridgehead atoms. The summed E-state index contributed by atoms with van der Waals surface area (Å²) in [5.41, 5.74) is 0. The predicted molar refractivity (Wildman–Crippen MR) is 75.3 cm³/mol. The molecule has 100 valence electrons. The van der Waals surface area contributed by atoms with Crippen LogP contribution in [-0.4, -0.2) is 50.1 Å². The van der Waals surface area contributed by atoms with Crippen LogP contribution in [0.2, 0.25) is 0 Å². The van der Waals surface area contributed by atoms with Gasteiger partial charge in [-0.15, -0.1) is 11.3 Å². The highest BCUT2D eigenvalue weighted by atomic mass is 32.1. The topological polar surface area (TPSA) is 44.4 Å². The minimum Gasteiger partial charge on any atom is -0.350 e. The highest BCUT2D eigenvalue weighted by Gasteiger charge is 2.11. The van der Waals surface area contributed by atoms with Crippen LogP contribution in [0.4, 0.5) is 0 Å². The van der Waals surface area contributed by atoms with E-state index in [4.69, 9.17) is 0 Å². The van der Waals surface area contributed by atoms with Crippen LogP contribution >= 0.6 is 11.3 Å². The van der Waals surface area contributed by atoms with Crippen molar-refractivity contribution in [2.45, 2.75) is 13.3 Å². The van der Waals surface area contributed by atoms with Crippen molar-refractivity contribution in [3.8, 4) is 0 Å². The SMILES string of the molecule is CCc1ccc(C(=O)NCCN2CCNCC2)s1. The number of carbonyl (C=O) groups is 1. The van der Waals surface area contributed by atoms with Crippen LogP contribution in [0, 0.1) is 0 Å². The third kappa shape index (κ3) is 3.80. The molecular formula is C13H21N3OS. The van der Waals surface area contributed by atoms with Crippen LogP contribution in [0.15, 0.2) is 12.1 Å². The van der Waals surface area contributed by atoms with Crippen LogP contribution in [0.1, 0.15) is 21.5 Å². The Morgan fingerprint density at radius 3 is 2.89 bits per heavy atom. The van der Waals surface area contributed by atoms with E-state index in [0.717, 1.165) is 50.6 Å². The molecule has 1 fully saturated rings. The number of nitrogens with one attached hydrogen (secondary N) is 2. The van der Waals surface area contributed by atoms with Crippen LogP contribution in [0.25, 0.3) is 0 Å². The molecule has 2 rings (SSSR count). The second-order valence-corrected chi connectivity index (χ2v) is 5.64. The second-order valence-electron chi connectivity index (χ2n) is 4.47. The van der Waals surface area contributed by atoms with Gasteiger partial charge in [0.05, 0.1) is 4.88 Å². The summed E-state index contributed by atoms with van der Waals surface area (Å²) in [6.45, 7) is 8.05. The van der Waals surface area contributed by atoms with E-state index in [9.17, 15) is 4.79 Å². The summed E-state index contributed by atoms with van der Waals surface area (Å²) in [4.78, 5) is 16.4. The monoisotopic (exact) mass is 267 g/mol. The van der Waals surface area contributed by atoms with Crippen molar-refractivity contribution in [3.05, 3.63) is 21.9 Å². The average molecular weight is 267 g/mol. The molecule has 0 saturated carbocycles. The second kappa shape index (κ2) is 6.87. The van der Waals surface area contributed by atoms with E-state index >= 15 is 0 Å². The molecule has 18 heavy (non-hydrogen) atoms.